The van der Waals surface area contributed by atoms with Crippen molar-refractivity contribution in [2.75, 3.05) is 5.32 Å². The molecule has 0 saturated carbocycles. The van der Waals surface area contributed by atoms with Crippen molar-refractivity contribution < 1.29 is 0 Å². The van der Waals surface area contributed by atoms with E-state index in [4.69, 9.17) is 0 Å². The second kappa shape index (κ2) is 5.77. The first kappa shape index (κ1) is 12.0. The SMILES string of the molecule is CCCC(Nc1nnc(C)s1)c1ccccc1. The lowest BCUT2D eigenvalue weighted by Gasteiger charge is -2.17. The maximum Gasteiger partial charge on any atom is 0.206 e. The van der Waals surface area contributed by atoms with Gasteiger partial charge >= 0.3 is 0 Å². The number of aryl methyl sites for hydroxylation is 1. The molecule has 1 heterocycles. The third-order valence-corrected chi connectivity index (χ3v) is 3.37. The van der Waals surface area contributed by atoms with Crippen LogP contribution < -0.4 is 5.32 Å². The molecule has 1 aromatic heterocycles. The van der Waals surface area contributed by atoms with Gasteiger partial charge in [-0.2, -0.15) is 0 Å². The third kappa shape index (κ3) is 3.27. The number of hydrogen-bond donors (Lipinski definition) is 1. The van der Waals surface area contributed by atoms with Gasteiger partial charge in [-0.15, -0.1) is 10.2 Å². The van der Waals surface area contributed by atoms with Gasteiger partial charge in [-0.05, 0) is 18.9 Å². The lowest BCUT2D eigenvalue weighted by atomic mass is 10.0. The van der Waals surface area contributed by atoms with Gasteiger partial charge in [0.1, 0.15) is 5.01 Å². The average molecular weight is 247 g/mol. The fraction of sp³-hybridized carbons (Fsp3) is 0.385. The monoisotopic (exact) mass is 247 g/mol. The first-order valence-corrected chi connectivity index (χ1v) is 6.73. The predicted molar refractivity (Wildman–Crippen MR) is 72.4 cm³/mol. The predicted octanol–water partition coefficient (Wildman–Crippen LogP) is 3.80. The van der Waals surface area contributed by atoms with E-state index in [-0.39, 0.29) is 0 Å². The minimum absolute atomic E-state index is 0.327. The normalized spacial score (nSPS) is 12.4. The summed E-state index contributed by atoms with van der Waals surface area (Å²) >= 11 is 1.60. The van der Waals surface area contributed by atoms with E-state index in [1.165, 1.54) is 5.56 Å². The molecule has 0 spiro atoms. The van der Waals surface area contributed by atoms with E-state index >= 15 is 0 Å². The molecule has 0 aliphatic rings. The third-order valence-electron chi connectivity index (χ3n) is 2.60. The van der Waals surface area contributed by atoms with Crippen molar-refractivity contribution in [3.63, 3.8) is 0 Å². The second-order valence-electron chi connectivity index (χ2n) is 4.02. The molecule has 1 N–H and O–H groups in total. The minimum Gasteiger partial charge on any atom is -0.353 e. The van der Waals surface area contributed by atoms with Crippen LogP contribution in [0.3, 0.4) is 0 Å². The van der Waals surface area contributed by atoms with E-state index in [2.05, 4.69) is 46.7 Å². The Bertz CT molecular complexity index is 453. The first-order valence-electron chi connectivity index (χ1n) is 5.91. The van der Waals surface area contributed by atoms with Gasteiger partial charge in [-0.3, -0.25) is 0 Å². The molecular weight excluding hydrogens is 230 g/mol. The Morgan fingerprint density at radius 1 is 1.24 bits per heavy atom. The Kier molecular flexibility index (Phi) is 4.09. The molecule has 0 amide bonds. The number of anilines is 1. The molecule has 0 fully saturated rings. The lowest BCUT2D eigenvalue weighted by Crippen LogP contribution is -2.10. The first-order chi connectivity index (χ1) is 8.29. The Morgan fingerprint density at radius 3 is 2.59 bits per heavy atom. The highest BCUT2D eigenvalue weighted by Gasteiger charge is 2.11. The van der Waals surface area contributed by atoms with Gasteiger partial charge in [0.05, 0.1) is 6.04 Å². The lowest BCUT2D eigenvalue weighted by molar-refractivity contribution is 0.675. The van der Waals surface area contributed by atoms with E-state index < -0.39 is 0 Å². The molecule has 17 heavy (non-hydrogen) atoms. The summed E-state index contributed by atoms with van der Waals surface area (Å²) in [4.78, 5) is 0. The topological polar surface area (TPSA) is 37.8 Å². The summed E-state index contributed by atoms with van der Waals surface area (Å²) in [7, 11) is 0. The zero-order valence-corrected chi connectivity index (χ0v) is 11.0. The average Bonchev–Trinajstić information content (AvgIpc) is 2.75. The minimum atomic E-state index is 0.327. The van der Waals surface area contributed by atoms with Crippen LogP contribution in [0.15, 0.2) is 30.3 Å². The van der Waals surface area contributed by atoms with Crippen molar-refractivity contribution in [2.24, 2.45) is 0 Å². The van der Waals surface area contributed by atoms with Crippen LogP contribution in [0.5, 0.6) is 0 Å². The van der Waals surface area contributed by atoms with Crippen LogP contribution in [0.1, 0.15) is 36.4 Å². The summed E-state index contributed by atoms with van der Waals surface area (Å²) in [5.41, 5.74) is 1.31. The second-order valence-corrected chi connectivity index (χ2v) is 5.20. The highest BCUT2D eigenvalue weighted by molar-refractivity contribution is 7.15. The van der Waals surface area contributed by atoms with Gasteiger partial charge in [0, 0.05) is 0 Å². The van der Waals surface area contributed by atoms with Crippen LogP contribution in [-0.4, -0.2) is 10.2 Å². The summed E-state index contributed by atoms with van der Waals surface area (Å²) in [6.45, 7) is 4.17. The molecule has 90 valence electrons. The van der Waals surface area contributed by atoms with Gasteiger partial charge in [0.2, 0.25) is 5.13 Å². The molecular formula is C13H17N3S. The molecule has 3 nitrogen and oxygen atoms in total. The number of nitrogens with zero attached hydrogens (tertiary/aromatic N) is 2. The summed E-state index contributed by atoms with van der Waals surface area (Å²) in [6, 6.07) is 10.8. The Balaban J connectivity index is 2.13. The molecule has 0 saturated heterocycles. The van der Waals surface area contributed by atoms with Crippen molar-refractivity contribution >= 4 is 16.5 Å². The maximum atomic E-state index is 4.12. The van der Waals surface area contributed by atoms with Crippen LogP contribution >= 0.6 is 11.3 Å². The number of rotatable bonds is 5. The standard InChI is InChI=1S/C13H17N3S/c1-3-7-12(11-8-5-4-6-9-11)14-13-16-15-10(2)17-13/h4-6,8-9,12H,3,7H2,1-2H3,(H,14,16). The van der Waals surface area contributed by atoms with Gasteiger partial charge in [-0.25, -0.2) is 0 Å². The van der Waals surface area contributed by atoms with Crippen molar-refractivity contribution in [3.8, 4) is 0 Å². The van der Waals surface area contributed by atoms with Gasteiger partial charge in [0.25, 0.3) is 0 Å². The molecule has 4 heteroatoms. The fourth-order valence-electron chi connectivity index (χ4n) is 1.80. The van der Waals surface area contributed by atoms with Crippen molar-refractivity contribution in [3.05, 3.63) is 40.9 Å². The largest absolute Gasteiger partial charge is 0.353 e. The van der Waals surface area contributed by atoms with E-state index in [0.717, 1.165) is 23.0 Å². The summed E-state index contributed by atoms with van der Waals surface area (Å²) in [5.74, 6) is 0. The number of nitrogens with one attached hydrogen (secondary N) is 1. The summed E-state index contributed by atoms with van der Waals surface area (Å²) in [6.07, 6.45) is 2.24. The van der Waals surface area contributed by atoms with Crippen LogP contribution in [0.2, 0.25) is 0 Å². The summed E-state index contributed by atoms with van der Waals surface area (Å²) < 4.78 is 0. The molecule has 0 aliphatic heterocycles. The Labute approximate surface area is 106 Å². The molecule has 0 bridgehead atoms. The van der Waals surface area contributed by atoms with E-state index in [9.17, 15) is 0 Å². The van der Waals surface area contributed by atoms with Crippen LogP contribution in [0, 0.1) is 6.92 Å². The number of hydrogen-bond acceptors (Lipinski definition) is 4. The smallest absolute Gasteiger partial charge is 0.206 e. The molecule has 0 aliphatic carbocycles. The van der Waals surface area contributed by atoms with Crippen molar-refractivity contribution in [1.29, 1.82) is 0 Å². The molecule has 1 unspecified atom stereocenters. The highest BCUT2D eigenvalue weighted by atomic mass is 32.1. The number of aromatic nitrogens is 2. The molecule has 2 rings (SSSR count). The Hall–Kier alpha value is -1.42. The van der Waals surface area contributed by atoms with Crippen LogP contribution in [0.25, 0.3) is 0 Å². The van der Waals surface area contributed by atoms with Crippen LogP contribution in [-0.2, 0) is 0 Å². The van der Waals surface area contributed by atoms with Gasteiger partial charge < -0.3 is 5.32 Å². The van der Waals surface area contributed by atoms with Crippen molar-refractivity contribution in [1.82, 2.24) is 10.2 Å². The van der Waals surface area contributed by atoms with Gasteiger partial charge in [0.15, 0.2) is 0 Å². The van der Waals surface area contributed by atoms with E-state index in [1.807, 2.05) is 13.0 Å². The van der Waals surface area contributed by atoms with E-state index in [1.54, 1.807) is 11.3 Å². The quantitative estimate of drug-likeness (QED) is 0.873. The van der Waals surface area contributed by atoms with Crippen LogP contribution in [0.4, 0.5) is 5.13 Å². The van der Waals surface area contributed by atoms with E-state index in [0.29, 0.717) is 6.04 Å². The summed E-state index contributed by atoms with van der Waals surface area (Å²) in [5, 5.41) is 13.5. The molecule has 2 aromatic rings. The molecule has 1 atom stereocenters. The maximum absolute atomic E-state index is 4.12. The molecule has 0 radical (unpaired) electrons. The Morgan fingerprint density at radius 2 is 2.00 bits per heavy atom. The highest BCUT2D eigenvalue weighted by Crippen LogP contribution is 2.25. The fourth-order valence-corrected chi connectivity index (χ4v) is 2.44. The zero-order chi connectivity index (χ0) is 12.1. The number of benzene rings is 1. The molecule has 1 aromatic carbocycles. The van der Waals surface area contributed by atoms with Gasteiger partial charge in [-0.1, -0.05) is 55.0 Å². The zero-order valence-electron chi connectivity index (χ0n) is 10.2. The van der Waals surface area contributed by atoms with Crippen molar-refractivity contribution in [2.45, 2.75) is 32.7 Å².